The maximum atomic E-state index is 13.6. The number of amides is 1. The lowest BCUT2D eigenvalue weighted by Gasteiger charge is -2.27. The van der Waals surface area contributed by atoms with Gasteiger partial charge >= 0.3 is 5.97 Å². The standard InChI is InChI=1S/C23H25N7O4/c1-3-24-23-25-11-18-20(26-23)29-9-5-8-17(29)12-30(22(18)32)16-7-4-6-15(10-16)21-28-27-19(34-21)13-33-14(2)31/h4,6-7,10-11,17H,3,5,8-9,12-13H2,1-2H3,(H,24,25,26). The van der Waals surface area contributed by atoms with E-state index in [2.05, 4.69) is 30.4 Å². The Hall–Kier alpha value is -4.02. The zero-order valence-corrected chi connectivity index (χ0v) is 19.0. The average Bonchev–Trinajstić information content (AvgIpc) is 3.49. The normalized spacial score (nSPS) is 17.2. The molecule has 1 aromatic carbocycles. The zero-order chi connectivity index (χ0) is 23.7. The van der Waals surface area contributed by atoms with E-state index in [1.165, 1.54) is 6.92 Å². The van der Waals surface area contributed by atoms with Crippen molar-refractivity contribution < 1.29 is 18.7 Å². The first-order valence-electron chi connectivity index (χ1n) is 11.3. The van der Waals surface area contributed by atoms with E-state index in [9.17, 15) is 9.59 Å². The Balaban J connectivity index is 1.47. The van der Waals surface area contributed by atoms with Crippen LogP contribution in [0.15, 0.2) is 34.9 Å². The van der Waals surface area contributed by atoms with E-state index in [0.717, 1.165) is 25.1 Å². The maximum absolute atomic E-state index is 13.6. The van der Waals surface area contributed by atoms with Gasteiger partial charge in [0.2, 0.25) is 11.8 Å². The molecule has 0 radical (unpaired) electrons. The molecule has 2 aliphatic rings. The molecule has 0 saturated carbocycles. The summed E-state index contributed by atoms with van der Waals surface area (Å²) >= 11 is 0. The molecular formula is C23H25N7O4. The van der Waals surface area contributed by atoms with Gasteiger partial charge in [0.1, 0.15) is 11.4 Å². The summed E-state index contributed by atoms with van der Waals surface area (Å²) in [5.41, 5.74) is 1.87. The molecule has 1 amide bonds. The highest BCUT2D eigenvalue weighted by atomic mass is 16.5. The second kappa shape index (κ2) is 9.08. The number of carbonyl (C=O) groups excluding carboxylic acids is 2. The highest BCUT2D eigenvalue weighted by molar-refractivity contribution is 6.10. The van der Waals surface area contributed by atoms with Gasteiger partial charge in [-0.15, -0.1) is 10.2 Å². The number of hydrogen-bond acceptors (Lipinski definition) is 10. The van der Waals surface area contributed by atoms with Crippen LogP contribution < -0.4 is 15.1 Å². The molecule has 3 aromatic rings. The van der Waals surface area contributed by atoms with Gasteiger partial charge < -0.3 is 24.3 Å². The summed E-state index contributed by atoms with van der Waals surface area (Å²) in [6.07, 6.45) is 3.63. The first-order valence-corrected chi connectivity index (χ1v) is 11.3. The molecule has 34 heavy (non-hydrogen) atoms. The Morgan fingerprint density at radius 1 is 1.32 bits per heavy atom. The zero-order valence-electron chi connectivity index (χ0n) is 19.0. The van der Waals surface area contributed by atoms with Crippen molar-refractivity contribution in [3.05, 3.63) is 41.9 Å². The molecular weight excluding hydrogens is 438 g/mol. The highest BCUT2D eigenvalue weighted by Crippen LogP contribution is 2.35. The number of esters is 1. The van der Waals surface area contributed by atoms with Crippen LogP contribution in [0.25, 0.3) is 11.5 Å². The van der Waals surface area contributed by atoms with Gasteiger partial charge in [0.05, 0.1) is 0 Å². The largest absolute Gasteiger partial charge is 0.456 e. The van der Waals surface area contributed by atoms with Crippen LogP contribution in [0.5, 0.6) is 0 Å². The fourth-order valence-electron chi connectivity index (χ4n) is 4.35. The van der Waals surface area contributed by atoms with Crippen molar-refractivity contribution in [2.24, 2.45) is 0 Å². The van der Waals surface area contributed by atoms with Crippen molar-refractivity contribution in [1.29, 1.82) is 0 Å². The molecule has 1 fully saturated rings. The lowest BCUT2D eigenvalue weighted by atomic mass is 10.1. The number of hydrogen-bond donors (Lipinski definition) is 1. The molecule has 1 atom stereocenters. The quantitative estimate of drug-likeness (QED) is 0.545. The van der Waals surface area contributed by atoms with Crippen LogP contribution in [0, 0.1) is 0 Å². The van der Waals surface area contributed by atoms with Gasteiger partial charge in [0, 0.05) is 50.0 Å². The summed E-state index contributed by atoms with van der Waals surface area (Å²) in [6.45, 7) is 5.30. The van der Waals surface area contributed by atoms with Crippen LogP contribution in [0.4, 0.5) is 17.5 Å². The summed E-state index contributed by atoms with van der Waals surface area (Å²) < 4.78 is 10.5. The van der Waals surface area contributed by atoms with Gasteiger partial charge in [0.25, 0.3) is 11.8 Å². The Morgan fingerprint density at radius 3 is 3.03 bits per heavy atom. The highest BCUT2D eigenvalue weighted by Gasteiger charge is 2.37. The van der Waals surface area contributed by atoms with Gasteiger partial charge in [-0.25, -0.2) is 4.98 Å². The molecule has 1 unspecified atom stereocenters. The first kappa shape index (κ1) is 21.8. The van der Waals surface area contributed by atoms with E-state index < -0.39 is 5.97 Å². The first-order chi connectivity index (χ1) is 16.5. The molecule has 11 nitrogen and oxygen atoms in total. The third kappa shape index (κ3) is 4.16. The van der Waals surface area contributed by atoms with E-state index in [-0.39, 0.29) is 30.3 Å². The van der Waals surface area contributed by atoms with Gasteiger partial charge in [-0.2, -0.15) is 4.98 Å². The fraction of sp³-hybridized carbons (Fsp3) is 0.391. The Morgan fingerprint density at radius 2 is 2.21 bits per heavy atom. The molecule has 1 saturated heterocycles. The molecule has 4 heterocycles. The number of benzene rings is 1. The number of fused-ring (bicyclic) bond motifs is 3. The molecule has 2 aliphatic heterocycles. The van der Waals surface area contributed by atoms with E-state index >= 15 is 0 Å². The van der Waals surface area contributed by atoms with Crippen molar-refractivity contribution in [3.63, 3.8) is 0 Å². The number of nitrogens with one attached hydrogen (secondary N) is 1. The SMILES string of the molecule is CCNc1ncc2c(n1)N1CCCC1CN(c1cccc(-c3nnc(COC(C)=O)o3)c1)C2=O. The molecule has 11 heteroatoms. The second-order valence-corrected chi connectivity index (χ2v) is 8.20. The van der Waals surface area contributed by atoms with Crippen LogP contribution in [0.2, 0.25) is 0 Å². The Kier molecular flexibility index (Phi) is 5.83. The summed E-state index contributed by atoms with van der Waals surface area (Å²) in [6, 6.07) is 7.57. The topological polar surface area (TPSA) is 127 Å². The average molecular weight is 463 g/mol. The number of nitrogens with zero attached hydrogens (tertiary/aromatic N) is 6. The minimum Gasteiger partial charge on any atom is -0.456 e. The Labute approximate surface area is 196 Å². The number of ether oxygens (including phenoxy) is 1. The minimum atomic E-state index is -0.427. The number of anilines is 3. The van der Waals surface area contributed by atoms with Gasteiger partial charge in [-0.3, -0.25) is 9.59 Å². The third-order valence-corrected chi connectivity index (χ3v) is 5.89. The lowest BCUT2D eigenvalue weighted by molar-refractivity contribution is -0.142. The van der Waals surface area contributed by atoms with Crippen LogP contribution in [-0.4, -0.2) is 57.7 Å². The smallest absolute Gasteiger partial charge is 0.303 e. The van der Waals surface area contributed by atoms with Gasteiger partial charge in [0.15, 0.2) is 6.61 Å². The molecule has 2 aromatic heterocycles. The fourth-order valence-corrected chi connectivity index (χ4v) is 4.35. The maximum Gasteiger partial charge on any atom is 0.303 e. The van der Waals surface area contributed by atoms with Crippen molar-refractivity contribution >= 4 is 29.3 Å². The van der Waals surface area contributed by atoms with E-state index in [4.69, 9.17) is 9.15 Å². The van der Waals surface area contributed by atoms with Gasteiger partial charge in [-0.05, 0) is 38.0 Å². The number of carbonyl (C=O) groups is 2. The number of rotatable bonds is 6. The lowest BCUT2D eigenvalue weighted by Crippen LogP contribution is -2.39. The van der Waals surface area contributed by atoms with E-state index in [1.54, 1.807) is 11.1 Å². The van der Waals surface area contributed by atoms with Gasteiger partial charge in [-0.1, -0.05) is 6.07 Å². The number of aromatic nitrogens is 4. The van der Waals surface area contributed by atoms with Crippen molar-refractivity contribution in [2.45, 2.75) is 39.3 Å². The van der Waals surface area contributed by atoms with E-state index in [0.29, 0.717) is 36.0 Å². The molecule has 1 N–H and O–H groups in total. The summed E-state index contributed by atoms with van der Waals surface area (Å²) in [5, 5.41) is 11.1. The Bertz CT molecular complexity index is 1230. The third-order valence-electron chi connectivity index (χ3n) is 5.89. The summed E-state index contributed by atoms with van der Waals surface area (Å²) in [5.74, 6) is 1.12. The predicted molar refractivity (Wildman–Crippen MR) is 123 cm³/mol. The van der Waals surface area contributed by atoms with Crippen LogP contribution in [-0.2, 0) is 16.1 Å². The summed E-state index contributed by atoms with van der Waals surface area (Å²) in [7, 11) is 0. The molecule has 0 spiro atoms. The molecule has 5 rings (SSSR count). The van der Waals surface area contributed by atoms with E-state index in [1.807, 2.05) is 31.2 Å². The van der Waals surface area contributed by atoms with Crippen molar-refractivity contribution in [1.82, 2.24) is 20.2 Å². The second-order valence-electron chi connectivity index (χ2n) is 8.20. The van der Waals surface area contributed by atoms with Crippen molar-refractivity contribution in [2.75, 3.05) is 34.8 Å². The predicted octanol–water partition coefficient (Wildman–Crippen LogP) is 2.65. The summed E-state index contributed by atoms with van der Waals surface area (Å²) in [4.78, 5) is 37.7. The molecule has 176 valence electrons. The molecule has 0 aliphatic carbocycles. The van der Waals surface area contributed by atoms with Crippen LogP contribution in [0.3, 0.4) is 0 Å². The monoisotopic (exact) mass is 463 g/mol. The minimum absolute atomic E-state index is 0.0875. The molecule has 0 bridgehead atoms. The van der Waals surface area contributed by atoms with Crippen LogP contribution >= 0.6 is 0 Å². The van der Waals surface area contributed by atoms with Crippen molar-refractivity contribution in [3.8, 4) is 11.5 Å². The van der Waals surface area contributed by atoms with Crippen LogP contribution in [0.1, 0.15) is 42.9 Å².